The first kappa shape index (κ1) is 17.0. The predicted molar refractivity (Wildman–Crippen MR) is 96.2 cm³/mol. The third-order valence-corrected chi connectivity index (χ3v) is 4.11. The van der Waals surface area contributed by atoms with E-state index in [-0.39, 0.29) is 5.56 Å². The third-order valence-electron chi connectivity index (χ3n) is 4.11. The second kappa shape index (κ2) is 7.36. The molecule has 6 nitrogen and oxygen atoms in total. The molecular weight excluding hydrogens is 318 g/mol. The maximum Gasteiger partial charge on any atom is 0.258 e. The Morgan fingerprint density at radius 1 is 1.04 bits per heavy atom. The fourth-order valence-corrected chi connectivity index (χ4v) is 2.98. The van der Waals surface area contributed by atoms with Gasteiger partial charge in [0.2, 0.25) is 0 Å². The Morgan fingerprint density at radius 2 is 1.84 bits per heavy atom. The van der Waals surface area contributed by atoms with Crippen LogP contribution in [0.15, 0.2) is 47.3 Å². The number of nitrogens with zero attached hydrogens (tertiary/aromatic N) is 1. The second-order valence-corrected chi connectivity index (χ2v) is 5.99. The number of fused-ring (bicyclic) bond motifs is 1. The van der Waals surface area contributed by atoms with Gasteiger partial charge in [0.15, 0.2) is 17.3 Å². The smallest absolute Gasteiger partial charge is 0.258 e. The van der Waals surface area contributed by atoms with Crippen molar-refractivity contribution in [2.45, 2.75) is 13.1 Å². The normalized spacial score (nSPS) is 12.1. The van der Waals surface area contributed by atoms with E-state index in [0.717, 1.165) is 17.9 Å². The van der Waals surface area contributed by atoms with Crippen molar-refractivity contribution >= 4 is 10.9 Å². The zero-order valence-corrected chi connectivity index (χ0v) is 14.6. The minimum Gasteiger partial charge on any atom is -0.493 e. The first-order valence-corrected chi connectivity index (χ1v) is 8.11. The molecule has 0 aliphatic rings. The Hall–Kier alpha value is -2.86. The Labute approximate surface area is 146 Å². The Balaban J connectivity index is 1.82. The summed E-state index contributed by atoms with van der Waals surface area (Å²) in [6, 6.07) is 13.2. The summed E-state index contributed by atoms with van der Waals surface area (Å²) in [5, 5.41) is 0.610. The molecule has 1 heterocycles. The molecule has 0 spiro atoms. The number of H-pyrrole nitrogens is 1. The molecule has 2 N–H and O–H groups in total. The van der Waals surface area contributed by atoms with Gasteiger partial charge in [-0.25, -0.2) is 4.98 Å². The van der Waals surface area contributed by atoms with E-state index in [4.69, 9.17) is 9.47 Å². The minimum atomic E-state index is -0.104. The molecule has 1 aromatic heterocycles. The molecule has 0 radical (unpaired) electrons. The largest absolute Gasteiger partial charge is 0.493 e. The van der Waals surface area contributed by atoms with Crippen LogP contribution in [0.3, 0.4) is 0 Å². The number of rotatable bonds is 6. The SMILES string of the molecule is COc1cccc(C[NH+](C)Cc2nc3ccccc3c(=O)[nH]2)c1OC. The van der Waals surface area contributed by atoms with Crippen molar-refractivity contribution in [3.05, 3.63) is 64.2 Å². The topological polar surface area (TPSA) is 68.7 Å². The zero-order valence-electron chi connectivity index (χ0n) is 14.6. The summed E-state index contributed by atoms with van der Waals surface area (Å²) in [5.41, 5.74) is 1.66. The fourth-order valence-electron chi connectivity index (χ4n) is 2.98. The number of quaternary nitrogens is 1. The highest BCUT2D eigenvalue weighted by molar-refractivity contribution is 5.77. The van der Waals surface area contributed by atoms with Crippen LogP contribution in [0.5, 0.6) is 11.5 Å². The van der Waals surface area contributed by atoms with E-state index in [1.165, 1.54) is 4.90 Å². The van der Waals surface area contributed by atoms with Crippen LogP contribution in [0, 0.1) is 0 Å². The van der Waals surface area contributed by atoms with Gasteiger partial charge in [0, 0.05) is 0 Å². The van der Waals surface area contributed by atoms with Crippen LogP contribution < -0.4 is 19.9 Å². The van der Waals surface area contributed by atoms with Crippen LogP contribution in [0.4, 0.5) is 0 Å². The summed E-state index contributed by atoms with van der Waals surface area (Å²) in [6.07, 6.45) is 0. The molecule has 0 aliphatic heterocycles. The molecule has 1 unspecified atom stereocenters. The molecule has 3 aromatic rings. The monoisotopic (exact) mass is 340 g/mol. The third kappa shape index (κ3) is 3.64. The second-order valence-electron chi connectivity index (χ2n) is 5.99. The van der Waals surface area contributed by atoms with Gasteiger partial charge in [0.05, 0.1) is 37.7 Å². The van der Waals surface area contributed by atoms with Crippen molar-refractivity contribution in [2.24, 2.45) is 0 Å². The standard InChI is InChI=1S/C19H21N3O3/c1-22(11-13-7-6-10-16(24-2)18(13)25-3)12-17-20-15-9-5-4-8-14(15)19(23)21-17/h4-10H,11-12H2,1-3H3,(H,20,21,23)/p+1. The van der Waals surface area contributed by atoms with E-state index in [1.807, 2.05) is 43.4 Å². The number of benzene rings is 2. The van der Waals surface area contributed by atoms with Gasteiger partial charge in [-0.05, 0) is 24.3 Å². The van der Waals surface area contributed by atoms with Crippen LogP contribution in [-0.2, 0) is 13.1 Å². The summed E-state index contributed by atoms with van der Waals surface area (Å²) >= 11 is 0. The number of ether oxygens (including phenoxy) is 2. The highest BCUT2D eigenvalue weighted by Gasteiger charge is 2.15. The molecule has 0 fully saturated rings. The molecule has 0 bridgehead atoms. The summed E-state index contributed by atoms with van der Waals surface area (Å²) in [4.78, 5) is 20.8. The lowest BCUT2D eigenvalue weighted by molar-refractivity contribution is -0.908. The van der Waals surface area contributed by atoms with E-state index < -0.39 is 0 Å². The molecule has 6 heteroatoms. The molecule has 0 saturated carbocycles. The fraction of sp³-hybridized carbons (Fsp3) is 0.263. The molecule has 0 aliphatic carbocycles. The first-order chi connectivity index (χ1) is 12.1. The van der Waals surface area contributed by atoms with Crippen molar-refractivity contribution in [2.75, 3.05) is 21.3 Å². The van der Waals surface area contributed by atoms with Crippen molar-refractivity contribution in [1.82, 2.24) is 9.97 Å². The average Bonchev–Trinajstić information content (AvgIpc) is 2.61. The lowest BCUT2D eigenvalue weighted by atomic mass is 10.1. The molecule has 3 rings (SSSR count). The highest BCUT2D eigenvalue weighted by atomic mass is 16.5. The minimum absolute atomic E-state index is 0.104. The van der Waals surface area contributed by atoms with Gasteiger partial charge in [-0.2, -0.15) is 0 Å². The van der Waals surface area contributed by atoms with Crippen LogP contribution in [-0.4, -0.2) is 31.2 Å². The summed E-state index contributed by atoms with van der Waals surface area (Å²) in [5.74, 6) is 2.12. The average molecular weight is 340 g/mol. The zero-order chi connectivity index (χ0) is 17.8. The number of methoxy groups -OCH3 is 2. The van der Waals surface area contributed by atoms with Gasteiger partial charge in [-0.3, -0.25) is 4.79 Å². The first-order valence-electron chi connectivity index (χ1n) is 8.11. The van der Waals surface area contributed by atoms with Crippen LogP contribution in [0.1, 0.15) is 11.4 Å². The Morgan fingerprint density at radius 3 is 2.60 bits per heavy atom. The molecule has 0 saturated heterocycles. The van der Waals surface area contributed by atoms with E-state index in [2.05, 4.69) is 9.97 Å². The molecule has 0 amide bonds. The number of para-hydroxylation sites is 2. The molecular formula is C19H22N3O3+. The molecule has 1 atom stereocenters. The summed E-state index contributed by atoms with van der Waals surface area (Å²) in [7, 11) is 5.31. The van der Waals surface area contributed by atoms with E-state index in [1.54, 1.807) is 20.3 Å². The van der Waals surface area contributed by atoms with Gasteiger partial charge in [0.25, 0.3) is 5.56 Å². The van der Waals surface area contributed by atoms with E-state index >= 15 is 0 Å². The van der Waals surface area contributed by atoms with E-state index in [9.17, 15) is 4.79 Å². The summed E-state index contributed by atoms with van der Waals surface area (Å²) in [6.45, 7) is 1.32. The number of hydrogen-bond donors (Lipinski definition) is 2. The van der Waals surface area contributed by atoms with Crippen molar-refractivity contribution < 1.29 is 14.4 Å². The van der Waals surface area contributed by atoms with E-state index in [0.29, 0.717) is 29.0 Å². The van der Waals surface area contributed by atoms with Gasteiger partial charge in [-0.1, -0.05) is 18.2 Å². The van der Waals surface area contributed by atoms with Crippen LogP contribution >= 0.6 is 0 Å². The quantitative estimate of drug-likeness (QED) is 0.706. The van der Waals surface area contributed by atoms with Crippen LogP contribution in [0.25, 0.3) is 10.9 Å². The Kier molecular flexibility index (Phi) is 5.00. The van der Waals surface area contributed by atoms with Crippen molar-refractivity contribution in [1.29, 1.82) is 0 Å². The number of hydrogen-bond acceptors (Lipinski definition) is 4. The van der Waals surface area contributed by atoms with Gasteiger partial charge < -0.3 is 19.4 Å². The summed E-state index contributed by atoms with van der Waals surface area (Å²) < 4.78 is 10.8. The molecule has 2 aromatic carbocycles. The predicted octanol–water partition coefficient (Wildman–Crippen LogP) is 1.16. The van der Waals surface area contributed by atoms with Crippen molar-refractivity contribution in [3.63, 3.8) is 0 Å². The number of aromatic amines is 1. The van der Waals surface area contributed by atoms with Crippen molar-refractivity contribution in [3.8, 4) is 11.5 Å². The van der Waals surface area contributed by atoms with Crippen LogP contribution in [0.2, 0.25) is 0 Å². The van der Waals surface area contributed by atoms with Gasteiger partial charge in [0.1, 0.15) is 13.1 Å². The highest BCUT2D eigenvalue weighted by Crippen LogP contribution is 2.30. The maximum atomic E-state index is 12.2. The number of nitrogens with one attached hydrogen (secondary N) is 2. The van der Waals surface area contributed by atoms with Gasteiger partial charge in [-0.15, -0.1) is 0 Å². The number of aromatic nitrogens is 2. The molecule has 25 heavy (non-hydrogen) atoms. The molecule has 130 valence electrons. The lowest BCUT2D eigenvalue weighted by Crippen LogP contribution is -3.06. The maximum absolute atomic E-state index is 12.2. The Bertz CT molecular complexity index is 937. The van der Waals surface area contributed by atoms with Gasteiger partial charge >= 0.3 is 0 Å². The lowest BCUT2D eigenvalue weighted by Gasteiger charge is -2.17.